The predicted octanol–water partition coefficient (Wildman–Crippen LogP) is 2.60. The summed E-state index contributed by atoms with van der Waals surface area (Å²) in [6.45, 7) is 0.653. The highest BCUT2D eigenvalue weighted by molar-refractivity contribution is 5.99. The molecule has 2 aromatic rings. The van der Waals surface area contributed by atoms with Gasteiger partial charge in [-0.05, 0) is 42.8 Å². The third kappa shape index (κ3) is 4.97. The fraction of sp³-hybridized carbons (Fsp3) is 0.300. The Morgan fingerprint density at radius 1 is 1.04 bits per heavy atom. The van der Waals surface area contributed by atoms with Gasteiger partial charge in [0.25, 0.3) is 0 Å². The van der Waals surface area contributed by atoms with E-state index in [4.69, 9.17) is 9.47 Å². The molecule has 27 heavy (non-hydrogen) atoms. The number of halogens is 1. The minimum atomic E-state index is -0.497. The van der Waals surface area contributed by atoms with Gasteiger partial charge in [0.05, 0.1) is 31.2 Å². The number of carbonyl (C=O) groups excluding carboxylic acids is 2. The molecule has 2 amide bonds. The zero-order chi connectivity index (χ0) is 19.2. The summed E-state index contributed by atoms with van der Waals surface area (Å²) in [5, 5.41) is 5.28. The van der Waals surface area contributed by atoms with Crippen LogP contribution in [0.15, 0.2) is 48.5 Å². The molecule has 142 valence electrons. The average Bonchev–Trinajstić information content (AvgIpc) is 3.48. The Kier molecular flexibility index (Phi) is 5.90. The number of nitrogens with one attached hydrogen (secondary N) is 2. The van der Waals surface area contributed by atoms with Crippen molar-refractivity contribution >= 4 is 17.5 Å². The van der Waals surface area contributed by atoms with Gasteiger partial charge in [0.1, 0.15) is 23.9 Å². The molecule has 2 aromatic carbocycles. The van der Waals surface area contributed by atoms with E-state index in [0.717, 1.165) is 5.75 Å². The lowest BCUT2D eigenvalue weighted by atomic mass is 10.2. The maximum absolute atomic E-state index is 13.6. The molecule has 1 aliphatic rings. The molecule has 0 radical (unpaired) electrons. The summed E-state index contributed by atoms with van der Waals surface area (Å²) in [6.07, 6.45) is 0.464. The molecule has 2 atom stereocenters. The van der Waals surface area contributed by atoms with Gasteiger partial charge in [-0.2, -0.15) is 0 Å². The Morgan fingerprint density at radius 2 is 1.70 bits per heavy atom. The lowest BCUT2D eigenvalue weighted by Crippen LogP contribution is -2.31. The van der Waals surface area contributed by atoms with Crippen molar-refractivity contribution in [3.63, 3.8) is 0 Å². The molecule has 7 heteroatoms. The van der Waals surface area contributed by atoms with Gasteiger partial charge in [0.15, 0.2) is 0 Å². The van der Waals surface area contributed by atoms with Crippen LogP contribution in [0.3, 0.4) is 0 Å². The number of hydrogen-bond donors (Lipinski definition) is 2. The Bertz CT molecular complexity index is 810. The lowest BCUT2D eigenvalue weighted by molar-refractivity contribution is -0.125. The fourth-order valence-electron chi connectivity index (χ4n) is 2.71. The largest absolute Gasteiger partial charge is 0.497 e. The highest BCUT2D eigenvalue weighted by atomic mass is 19.1. The Morgan fingerprint density at radius 3 is 2.41 bits per heavy atom. The molecule has 3 rings (SSSR count). The molecule has 1 saturated carbocycles. The van der Waals surface area contributed by atoms with Crippen molar-refractivity contribution in [1.82, 2.24) is 5.32 Å². The van der Waals surface area contributed by atoms with Crippen LogP contribution in [0.2, 0.25) is 0 Å². The number of benzene rings is 2. The first-order chi connectivity index (χ1) is 13.1. The first-order valence-corrected chi connectivity index (χ1v) is 8.68. The van der Waals surface area contributed by atoms with Crippen LogP contribution >= 0.6 is 0 Å². The molecule has 0 saturated heterocycles. The van der Waals surface area contributed by atoms with Crippen molar-refractivity contribution in [2.75, 3.05) is 25.6 Å². The van der Waals surface area contributed by atoms with Crippen molar-refractivity contribution in [3.8, 4) is 11.5 Å². The van der Waals surface area contributed by atoms with E-state index in [1.807, 2.05) is 0 Å². The van der Waals surface area contributed by atoms with Crippen LogP contribution in [0.4, 0.5) is 10.1 Å². The molecule has 0 aliphatic heterocycles. The van der Waals surface area contributed by atoms with Crippen molar-refractivity contribution in [2.45, 2.75) is 6.42 Å². The molecular weight excluding hydrogens is 351 g/mol. The summed E-state index contributed by atoms with van der Waals surface area (Å²) in [5.41, 5.74) is 0.126. The minimum Gasteiger partial charge on any atom is -0.497 e. The zero-order valence-electron chi connectivity index (χ0n) is 14.9. The number of ether oxygens (including phenoxy) is 2. The van der Waals surface area contributed by atoms with Gasteiger partial charge in [-0.15, -0.1) is 0 Å². The van der Waals surface area contributed by atoms with Crippen LogP contribution in [-0.2, 0) is 9.59 Å². The van der Waals surface area contributed by atoms with Gasteiger partial charge in [-0.3, -0.25) is 9.59 Å². The molecule has 2 N–H and O–H groups in total. The average molecular weight is 372 g/mol. The maximum atomic E-state index is 13.6. The van der Waals surface area contributed by atoms with Gasteiger partial charge >= 0.3 is 0 Å². The fourth-order valence-corrected chi connectivity index (χ4v) is 2.71. The SMILES string of the molecule is COc1ccc(OCCNC(=O)C2CC2C(=O)Nc2ccccc2F)cc1. The Hall–Kier alpha value is -3.09. The smallest absolute Gasteiger partial charge is 0.228 e. The minimum absolute atomic E-state index is 0.126. The van der Waals surface area contributed by atoms with Gasteiger partial charge in [0, 0.05) is 0 Å². The van der Waals surface area contributed by atoms with E-state index in [2.05, 4.69) is 10.6 Å². The van der Waals surface area contributed by atoms with E-state index in [0.29, 0.717) is 25.3 Å². The monoisotopic (exact) mass is 372 g/mol. The summed E-state index contributed by atoms with van der Waals surface area (Å²) in [6, 6.07) is 13.1. The summed E-state index contributed by atoms with van der Waals surface area (Å²) < 4.78 is 24.2. The predicted molar refractivity (Wildman–Crippen MR) is 98.1 cm³/mol. The van der Waals surface area contributed by atoms with Gasteiger partial charge in [0.2, 0.25) is 11.8 Å². The quantitative estimate of drug-likeness (QED) is 0.699. The summed E-state index contributed by atoms with van der Waals surface area (Å²) in [4.78, 5) is 24.2. The highest BCUT2D eigenvalue weighted by Gasteiger charge is 2.48. The second kappa shape index (κ2) is 8.53. The number of hydrogen-bond acceptors (Lipinski definition) is 4. The van der Waals surface area contributed by atoms with Crippen molar-refractivity contribution in [2.24, 2.45) is 11.8 Å². The van der Waals surface area contributed by atoms with Gasteiger partial charge in [-0.25, -0.2) is 4.39 Å². The van der Waals surface area contributed by atoms with Crippen LogP contribution in [0.1, 0.15) is 6.42 Å². The number of para-hydroxylation sites is 1. The van der Waals surface area contributed by atoms with Gasteiger partial charge < -0.3 is 20.1 Å². The first-order valence-electron chi connectivity index (χ1n) is 8.68. The Labute approximate surface area is 156 Å². The normalized spacial score (nSPS) is 17.7. The summed E-state index contributed by atoms with van der Waals surface area (Å²) >= 11 is 0. The first kappa shape index (κ1) is 18.7. The van der Waals surface area contributed by atoms with E-state index < -0.39 is 11.7 Å². The number of rotatable bonds is 8. The number of methoxy groups -OCH3 is 1. The molecular formula is C20H21FN2O4. The van der Waals surface area contributed by atoms with Gasteiger partial charge in [-0.1, -0.05) is 12.1 Å². The van der Waals surface area contributed by atoms with Crippen LogP contribution in [0, 0.1) is 17.7 Å². The third-order valence-corrected chi connectivity index (χ3v) is 4.33. The second-order valence-electron chi connectivity index (χ2n) is 6.23. The van der Waals surface area contributed by atoms with E-state index in [-0.39, 0.29) is 23.4 Å². The third-order valence-electron chi connectivity index (χ3n) is 4.33. The highest BCUT2D eigenvalue weighted by Crippen LogP contribution is 2.39. The summed E-state index contributed by atoms with van der Waals surface area (Å²) in [5.74, 6) is -0.410. The molecule has 2 unspecified atom stereocenters. The number of amides is 2. The molecule has 0 spiro atoms. The molecule has 6 nitrogen and oxygen atoms in total. The number of anilines is 1. The zero-order valence-corrected chi connectivity index (χ0v) is 14.9. The van der Waals surface area contributed by atoms with Crippen molar-refractivity contribution in [1.29, 1.82) is 0 Å². The van der Waals surface area contributed by atoms with Crippen LogP contribution in [-0.4, -0.2) is 32.1 Å². The molecule has 1 fully saturated rings. The topological polar surface area (TPSA) is 76.7 Å². The summed E-state index contributed by atoms with van der Waals surface area (Å²) in [7, 11) is 1.59. The van der Waals surface area contributed by atoms with E-state index in [1.54, 1.807) is 43.5 Å². The molecule has 1 aliphatic carbocycles. The standard InChI is InChI=1S/C20H21FN2O4/c1-26-13-6-8-14(9-7-13)27-11-10-22-19(24)15-12-16(15)20(25)23-18-5-3-2-4-17(18)21/h2-9,15-16H,10-12H2,1H3,(H,22,24)(H,23,25). The maximum Gasteiger partial charge on any atom is 0.228 e. The van der Waals surface area contributed by atoms with Crippen molar-refractivity contribution in [3.05, 3.63) is 54.3 Å². The lowest BCUT2D eigenvalue weighted by Gasteiger charge is -2.09. The molecule has 0 heterocycles. The van der Waals surface area contributed by atoms with E-state index in [1.165, 1.54) is 12.1 Å². The van der Waals surface area contributed by atoms with Crippen molar-refractivity contribution < 1.29 is 23.5 Å². The van der Waals surface area contributed by atoms with Crippen LogP contribution in [0.25, 0.3) is 0 Å². The molecule has 0 bridgehead atoms. The molecule has 0 aromatic heterocycles. The Balaban J connectivity index is 1.37. The number of carbonyl (C=O) groups is 2. The second-order valence-corrected chi connectivity index (χ2v) is 6.23. The van der Waals surface area contributed by atoms with Crippen LogP contribution in [0.5, 0.6) is 11.5 Å². The van der Waals surface area contributed by atoms with E-state index in [9.17, 15) is 14.0 Å². The van der Waals surface area contributed by atoms with E-state index >= 15 is 0 Å². The van der Waals surface area contributed by atoms with Crippen LogP contribution < -0.4 is 20.1 Å².